The number of carboxylic acid groups (broad SMARTS) is 1. The highest BCUT2D eigenvalue weighted by molar-refractivity contribution is 5.88. The Morgan fingerprint density at radius 1 is 1.33 bits per heavy atom. The fourth-order valence-corrected chi connectivity index (χ4v) is 2.21. The first-order chi connectivity index (χ1) is 10.1. The van der Waals surface area contributed by atoms with Crippen molar-refractivity contribution in [2.75, 3.05) is 5.43 Å². The topological polar surface area (TPSA) is 74.8 Å². The van der Waals surface area contributed by atoms with Gasteiger partial charge in [-0.1, -0.05) is 6.92 Å². The smallest absolute Gasteiger partial charge is 0.335 e. The monoisotopic (exact) mass is 284 g/mol. The molecular weight excluding hydrogens is 268 g/mol. The Bertz CT molecular complexity index is 673. The van der Waals surface area contributed by atoms with Crippen molar-refractivity contribution in [3.05, 3.63) is 53.5 Å². The number of hydrogen-bond donors (Lipinski definition) is 2. The molecule has 0 unspecified atom stereocenters. The first-order valence-electron chi connectivity index (χ1n) is 6.85. The van der Waals surface area contributed by atoms with E-state index in [1.165, 1.54) is 18.6 Å². The Labute approximate surface area is 122 Å². The third-order valence-electron chi connectivity index (χ3n) is 3.64. The zero-order chi connectivity index (χ0) is 14.8. The van der Waals surface area contributed by atoms with Gasteiger partial charge < -0.3 is 9.52 Å². The lowest BCUT2D eigenvalue weighted by Gasteiger charge is -1.99. The number of hydrogen-bond acceptors (Lipinski definition) is 4. The molecule has 1 aromatic heterocycles. The molecule has 2 N–H and O–H groups in total. The van der Waals surface area contributed by atoms with Gasteiger partial charge >= 0.3 is 5.97 Å². The normalized spacial score (nSPS) is 20.6. The number of anilines is 1. The van der Waals surface area contributed by atoms with E-state index in [2.05, 4.69) is 17.5 Å². The molecule has 1 heterocycles. The zero-order valence-electron chi connectivity index (χ0n) is 11.6. The van der Waals surface area contributed by atoms with Crippen LogP contribution in [0, 0.1) is 5.92 Å². The molecule has 0 saturated heterocycles. The van der Waals surface area contributed by atoms with E-state index in [9.17, 15) is 4.79 Å². The summed E-state index contributed by atoms with van der Waals surface area (Å²) in [6.45, 7) is 2.21. The second-order valence-corrected chi connectivity index (χ2v) is 5.31. The summed E-state index contributed by atoms with van der Waals surface area (Å²) in [5, 5.41) is 12.9. The van der Waals surface area contributed by atoms with Crippen LogP contribution in [0.5, 0.6) is 0 Å². The summed E-state index contributed by atoms with van der Waals surface area (Å²) in [5.41, 5.74) is 3.81. The van der Waals surface area contributed by atoms with E-state index in [-0.39, 0.29) is 5.56 Å². The van der Waals surface area contributed by atoms with Crippen LogP contribution in [-0.2, 0) is 0 Å². The van der Waals surface area contributed by atoms with Gasteiger partial charge in [0.05, 0.1) is 17.5 Å². The van der Waals surface area contributed by atoms with E-state index < -0.39 is 5.97 Å². The molecule has 0 amide bonds. The molecule has 2 aromatic rings. The fourth-order valence-electron chi connectivity index (χ4n) is 2.21. The first kappa shape index (κ1) is 13.4. The zero-order valence-corrected chi connectivity index (χ0v) is 11.6. The minimum atomic E-state index is -0.942. The highest BCUT2D eigenvalue weighted by atomic mass is 16.4. The van der Waals surface area contributed by atoms with Gasteiger partial charge in [-0.05, 0) is 48.7 Å². The molecule has 0 aliphatic heterocycles. The number of aromatic carboxylic acids is 1. The van der Waals surface area contributed by atoms with E-state index in [0.29, 0.717) is 17.6 Å². The highest BCUT2D eigenvalue weighted by Crippen LogP contribution is 2.47. The van der Waals surface area contributed by atoms with Gasteiger partial charge in [-0.25, -0.2) is 4.79 Å². The minimum absolute atomic E-state index is 0.249. The van der Waals surface area contributed by atoms with Crippen molar-refractivity contribution in [1.29, 1.82) is 0 Å². The third-order valence-corrected chi connectivity index (χ3v) is 3.64. The number of carbonyl (C=O) groups is 1. The second-order valence-electron chi connectivity index (χ2n) is 5.31. The highest BCUT2D eigenvalue weighted by Gasteiger charge is 2.36. The van der Waals surface area contributed by atoms with Crippen molar-refractivity contribution >= 4 is 17.9 Å². The lowest BCUT2D eigenvalue weighted by Crippen LogP contribution is -1.96. The van der Waals surface area contributed by atoms with E-state index in [1.54, 1.807) is 18.3 Å². The number of nitrogens with zero attached hydrogens (tertiary/aromatic N) is 1. The van der Waals surface area contributed by atoms with Crippen LogP contribution in [0.4, 0.5) is 5.69 Å². The van der Waals surface area contributed by atoms with Crippen molar-refractivity contribution < 1.29 is 14.3 Å². The number of furan rings is 1. The van der Waals surface area contributed by atoms with Gasteiger partial charge in [0.1, 0.15) is 11.5 Å². The lowest BCUT2D eigenvalue weighted by molar-refractivity contribution is 0.0697. The second kappa shape index (κ2) is 5.44. The van der Waals surface area contributed by atoms with Crippen LogP contribution in [0.1, 0.15) is 41.1 Å². The van der Waals surface area contributed by atoms with Gasteiger partial charge in [0.25, 0.3) is 0 Å². The van der Waals surface area contributed by atoms with Gasteiger partial charge in [0.2, 0.25) is 0 Å². The van der Waals surface area contributed by atoms with Gasteiger partial charge in [-0.3, -0.25) is 5.43 Å². The predicted octanol–water partition coefficient (Wildman–Crippen LogP) is 3.55. The summed E-state index contributed by atoms with van der Waals surface area (Å²) in [4.78, 5) is 10.7. The molecule has 1 saturated carbocycles. The van der Waals surface area contributed by atoms with Gasteiger partial charge in [0.15, 0.2) is 0 Å². The molecule has 3 rings (SSSR count). The number of rotatable bonds is 5. The van der Waals surface area contributed by atoms with Crippen LogP contribution >= 0.6 is 0 Å². The molecule has 2 atom stereocenters. The third kappa shape index (κ3) is 3.13. The summed E-state index contributed by atoms with van der Waals surface area (Å²) in [6.07, 6.45) is 2.81. The van der Waals surface area contributed by atoms with Crippen molar-refractivity contribution in [2.45, 2.75) is 19.3 Å². The van der Waals surface area contributed by atoms with E-state index in [1.807, 2.05) is 12.1 Å². The molecule has 108 valence electrons. The molecule has 0 bridgehead atoms. The maximum atomic E-state index is 10.7. The van der Waals surface area contributed by atoms with Crippen molar-refractivity contribution in [3.8, 4) is 0 Å². The van der Waals surface area contributed by atoms with Gasteiger partial charge in [-0.2, -0.15) is 5.10 Å². The quantitative estimate of drug-likeness (QED) is 0.650. The van der Waals surface area contributed by atoms with Crippen LogP contribution in [-0.4, -0.2) is 17.3 Å². The summed E-state index contributed by atoms with van der Waals surface area (Å²) in [6, 6.07) is 10.3. The molecule has 1 aliphatic rings. The number of hydrazone groups is 1. The van der Waals surface area contributed by atoms with Crippen LogP contribution in [0.15, 0.2) is 45.9 Å². The number of carboxylic acids is 1. The first-order valence-corrected chi connectivity index (χ1v) is 6.85. The summed E-state index contributed by atoms with van der Waals surface area (Å²) >= 11 is 0. The van der Waals surface area contributed by atoms with Crippen LogP contribution in [0.2, 0.25) is 0 Å². The summed E-state index contributed by atoms with van der Waals surface area (Å²) in [7, 11) is 0. The molecule has 21 heavy (non-hydrogen) atoms. The molecular formula is C16H16N2O3. The molecule has 1 fully saturated rings. The molecule has 5 heteroatoms. The largest absolute Gasteiger partial charge is 0.478 e. The van der Waals surface area contributed by atoms with Crippen molar-refractivity contribution in [1.82, 2.24) is 0 Å². The van der Waals surface area contributed by atoms with E-state index in [0.717, 1.165) is 11.4 Å². The molecule has 1 aliphatic carbocycles. The Balaban J connectivity index is 1.59. The molecule has 1 aromatic carbocycles. The molecule has 0 spiro atoms. The van der Waals surface area contributed by atoms with Gasteiger partial charge in [-0.15, -0.1) is 0 Å². The maximum absolute atomic E-state index is 10.7. The Kier molecular flexibility index (Phi) is 3.48. The van der Waals surface area contributed by atoms with E-state index in [4.69, 9.17) is 9.52 Å². The average Bonchev–Trinajstić information content (AvgIpc) is 3.01. The Morgan fingerprint density at radius 2 is 2.05 bits per heavy atom. The van der Waals surface area contributed by atoms with Crippen LogP contribution in [0.25, 0.3) is 0 Å². The Morgan fingerprint density at radius 3 is 2.67 bits per heavy atom. The fraction of sp³-hybridized carbons (Fsp3) is 0.250. The summed E-state index contributed by atoms with van der Waals surface area (Å²) < 4.78 is 5.70. The SMILES string of the molecule is C[C@H]1C[C@@H]1c1ccc(/C=N\Nc2ccc(C(=O)O)cc2)o1. The predicted molar refractivity (Wildman–Crippen MR) is 79.8 cm³/mol. The minimum Gasteiger partial charge on any atom is -0.478 e. The standard InChI is InChI=1S/C16H16N2O3/c1-10-8-14(10)15-7-6-13(21-15)9-17-18-12-4-2-11(3-5-12)16(19)20/h2-7,9-10,14,18H,8H2,1H3,(H,19,20)/b17-9-/t10-,14-/m0/s1. The summed E-state index contributed by atoms with van der Waals surface area (Å²) in [5.74, 6) is 2.06. The average molecular weight is 284 g/mol. The van der Waals surface area contributed by atoms with Crippen LogP contribution < -0.4 is 5.43 Å². The lowest BCUT2D eigenvalue weighted by atomic mass is 10.2. The number of nitrogens with one attached hydrogen (secondary N) is 1. The number of benzene rings is 1. The molecule has 5 nitrogen and oxygen atoms in total. The van der Waals surface area contributed by atoms with Gasteiger partial charge in [0, 0.05) is 5.92 Å². The maximum Gasteiger partial charge on any atom is 0.335 e. The molecule has 0 radical (unpaired) electrons. The van der Waals surface area contributed by atoms with E-state index >= 15 is 0 Å². The van der Waals surface area contributed by atoms with Crippen LogP contribution in [0.3, 0.4) is 0 Å². The van der Waals surface area contributed by atoms with Crippen molar-refractivity contribution in [2.24, 2.45) is 11.0 Å². The van der Waals surface area contributed by atoms with Crippen molar-refractivity contribution in [3.63, 3.8) is 0 Å². The Hall–Kier alpha value is -2.56.